The molecular formula is C24H29FN4O2. The molecule has 2 fully saturated rings. The Morgan fingerprint density at radius 1 is 0.903 bits per heavy atom. The zero-order valence-electron chi connectivity index (χ0n) is 17.9. The number of carbonyl (C=O) groups excluding carboxylic acids is 2. The van der Waals surface area contributed by atoms with Gasteiger partial charge in [0.15, 0.2) is 0 Å². The normalized spacial score (nSPS) is 18.1. The molecule has 0 bridgehead atoms. The minimum absolute atomic E-state index is 0.0642. The predicted molar refractivity (Wildman–Crippen MR) is 119 cm³/mol. The monoisotopic (exact) mass is 424 g/mol. The number of likely N-dealkylation sites (N-methyl/N-ethyl adjacent to an activating group) is 1. The third-order valence-electron chi connectivity index (χ3n) is 6.20. The van der Waals surface area contributed by atoms with Crippen LogP contribution in [0, 0.1) is 5.82 Å². The van der Waals surface area contributed by atoms with Crippen LogP contribution in [0.25, 0.3) is 0 Å². The van der Waals surface area contributed by atoms with Gasteiger partial charge in [-0.2, -0.15) is 0 Å². The SMILES string of the molecule is CN1CCN(C(=O)c2ccccc2N2CCC(NC(=O)c3ccc(F)cc3)CC2)CC1. The molecule has 31 heavy (non-hydrogen) atoms. The Balaban J connectivity index is 1.37. The Morgan fingerprint density at radius 2 is 1.55 bits per heavy atom. The fourth-order valence-corrected chi connectivity index (χ4v) is 4.24. The van der Waals surface area contributed by atoms with Crippen LogP contribution in [0.2, 0.25) is 0 Å². The highest BCUT2D eigenvalue weighted by Crippen LogP contribution is 2.26. The van der Waals surface area contributed by atoms with Crippen molar-refractivity contribution in [3.8, 4) is 0 Å². The lowest BCUT2D eigenvalue weighted by molar-refractivity contribution is 0.0664. The lowest BCUT2D eigenvalue weighted by Gasteiger charge is -2.36. The average molecular weight is 425 g/mol. The van der Waals surface area contributed by atoms with Crippen molar-refractivity contribution in [3.63, 3.8) is 0 Å². The van der Waals surface area contributed by atoms with E-state index in [1.54, 1.807) is 0 Å². The number of amides is 2. The lowest BCUT2D eigenvalue weighted by Crippen LogP contribution is -2.48. The van der Waals surface area contributed by atoms with Gasteiger partial charge in [-0.1, -0.05) is 12.1 Å². The van der Waals surface area contributed by atoms with Gasteiger partial charge in [-0.05, 0) is 56.3 Å². The summed E-state index contributed by atoms with van der Waals surface area (Å²) in [4.78, 5) is 32.0. The van der Waals surface area contributed by atoms with Gasteiger partial charge in [-0.3, -0.25) is 9.59 Å². The number of anilines is 1. The number of hydrogen-bond acceptors (Lipinski definition) is 4. The predicted octanol–water partition coefficient (Wildman–Crippen LogP) is 2.61. The number of hydrogen-bond donors (Lipinski definition) is 1. The molecule has 2 aromatic carbocycles. The number of carbonyl (C=O) groups is 2. The van der Waals surface area contributed by atoms with Crippen molar-refractivity contribution in [1.29, 1.82) is 0 Å². The third-order valence-corrected chi connectivity index (χ3v) is 6.20. The summed E-state index contributed by atoms with van der Waals surface area (Å²) in [6, 6.07) is 13.5. The van der Waals surface area contributed by atoms with Crippen molar-refractivity contribution in [2.24, 2.45) is 0 Å². The maximum absolute atomic E-state index is 13.2. The van der Waals surface area contributed by atoms with E-state index in [1.165, 1.54) is 24.3 Å². The van der Waals surface area contributed by atoms with E-state index in [0.717, 1.165) is 63.4 Å². The van der Waals surface area contributed by atoms with Gasteiger partial charge in [0, 0.05) is 56.6 Å². The summed E-state index contributed by atoms with van der Waals surface area (Å²) in [7, 11) is 2.08. The summed E-state index contributed by atoms with van der Waals surface area (Å²) in [5, 5.41) is 3.05. The summed E-state index contributed by atoms with van der Waals surface area (Å²) in [6.07, 6.45) is 1.59. The second-order valence-electron chi connectivity index (χ2n) is 8.35. The van der Waals surface area contributed by atoms with E-state index in [0.29, 0.717) is 5.56 Å². The Bertz CT molecular complexity index is 917. The van der Waals surface area contributed by atoms with E-state index in [9.17, 15) is 14.0 Å². The number of piperazine rings is 1. The molecule has 0 spiro atoms. The van der Waals surface area contributed by atoms with Crippen LogP contribution < -0.4 is 10.2 Å². The van der Waals surface area contributed by atoms with Crippen molar-refractivity contribution in [2.45, 2.75) is 18.9 Å². The Morgan fingerprint density at radius 3 is 2.23 bits per heavy atom. The second-order valence-corrected chi connectivity index (χ2v) is 8.35. The molecule has 0 radical (unpaired) electrons. The fourth-order valence-electron chi connectivity index (χ4n) is 4.24. The van der Waals surface area contributed by atoms with Crippen molar-refractivity contribution in [1.82, 2.24) is 15.1 Å². The molecule has 2 aliphatic heterocycles. The molecule has 6 nitrogen and oxygen atoms in total. The summed E-state index contributed by atoms with van der Waals surface area (Å²) in [5.74, 6) is -0.436. The Hall–Kier alpha value is -2.93. The highest BCUT2D eigenvalue weighted by Gasteiger charge is 2.27. The van der Waals surface area contributed by atoms with Gasteiger partial charge in [0.05, 0.1) is 5.56 Å². The first-order valence-electron chi connectivity index (χ1n) is 10.9. The molecule has 0 atom stereocenters. The molecule has 0 saturated carbocycles. The summed E-state index contributed by atoms with van der Waals surface area (Å²) in [5.41, 5.74) is 2.18. The summed E-state index contributed by atoms with van der Waals surface area (Å²) < 4.78 is 13.1. The number of nitrogens with zero attached hydrogens (tertiary/aromatic N) is 3. The fraction of sp³-hybridized carbons (Fsp3) is 0.417. The number of halogens is 1. The summed E-state index contributed by atoms with van der Waals surface area (Å²) >= 11 is 0. The minimum Gasteiger partial charge on any atom is -0.371 e. The van der Waals surface area contributed by atoms with Crippen LogP contribution in [0.5, 0.6) is 0 Å². The molecule has 0 aromatic heterocycles. The molecule has 7 heteroatoms. The maximum Gasteiger partial charge on any atom is 0.256 e. The van der Waals surface area contributed by atoms with Gasteiger partial charge in [0.2, 0.25) is 0 Å². The van der Waals surface area contributed by atoms with Gasteiger partial charge in [-0.25, -0.2) is 4.39 Å². The topological polar surface area (TPSA) is 55.9 Å². The first kappa shape index (κ1) is 21.3. The molecular weight excluding hydrogens is 395 g/mol. The number of piperidine rings is 1. The standard InChI is InChI=1S/C24H29FN4O2/c1-27-14-16-29(17-15-27)24(31)21-4-2-3-5-22(21)28-12-10-20(11-13-28)26-23(30)18-6-8-19(25)9-7-18/h2-9,20H,10-17H2,1H3,(H,26,30). The van der Waals surface area contributed by atoms with E-state index in [2.05, 4.69) is 22.2 Å². The number of benzene rings is 2. The van der Waals surface area contributed by atoms with Crippen LogP contribution in [0.3, 0.4) is 0 Å². The molecule has 0 aliphatic carbocycles. The van der Waals surface area contributed by atoms with E-state index in [-0.39, 0.29) is 23.7 Å². The zero-order chi connectivity index (χ0) is 21.8. The molecule has 2 aliphatic rings. The highest BCUT2D eigenvalue weighted by molar-refractivity contribution is 6.00. The van der Waals surface area contributed by atoms with Crippen molar-refractivity contribution >= 4 is 17.5 Å². The van der Waals surface area contributed by atoms with Crippen LogP contribution in [0.1, 0.15) is 33.6 Å². The molecule has 2 heterocycles. The first-order valence-corrected chi connectivity index (χ1v) is 10.9. The van der Waals surface area contributed by atoms with Gasteiger partial charge >= 0.3 is 0 Å². The molecule has 164 valence electrons. The minimum atomic E-state index is -0.352. The quantitative estimate of drug-likeness (QED) is 0.820. The molecule has 1 N–H and O–H groups in total. The first-order chi connectivity index (χ1) is 15.0. The third kappa shape index (κ3) is 5.05. The van der Waals surface area contributed by atoms with Crippen LogP contribution in [-0.2, 0) is 0 Å². The molecule has 2 aromatic rings. The molecule has 2 amide bonds. The van der Waals surface area contributed by atoms with Crippen LogP contribution in [0.4, 0.5) is 10.1 Å². The van der Waals surface area contributed by atoms with Gasteiger partial charge in [-0.15, -0.1) is 0 Å². The van der Waals surface area contributed by atoms with E-state index in [4.69, 9.17) is 0 Å². The second kappa shape index (κ2) is 9.47. The number of nitrogens with one attached hydrogen (secondary N) is 1. The highest BCUT2D eigenvalue weighted by atomic mass is 19.1. The molecule has 4 rings (SSSR count). The molecule has 0 unspecified atom stereocenters. The van der Waals surface area contributed by atoms with Crippen LogP contribution in [0.15, 0.2) is 48.5 Å². The molecule has 2 saturated heterocycles. The van der Waals surface area contributed by atoms with E-state index in [1.807, 2.05) is 29.2 Å². The number of para-hydroxylation sites is 1. The van der Waals surface area contributed by atoms with Crippen molar-refractivity contribution in [3.05, 3.63) is 65.5 Å². The lowest BCUT2D eigenvalue weighted by atomic mass is 10.0. The van der Waals surface area contributed by atoms with Gasteiger partial charge in [0.1, 0.15) is 5.82 Å². The van der Waals surface area contributed by atoms with Crippen molar-refractivity contribution in [2.75, 3.05) is 51.2 Å². The van der Waals surface area contributed by atoms with Crippen LogP contribution in [-0.4, -0.2) is 74.0 Å². The Kier molecular flexibility index (Phi) is 6.51. The largest absolute Gasteiger partial charge is 0.371 e. The van der Waals surface area contributed by atoms with Crippen LogP contribution >= 0.6 is 0 Å². The summed E-state index contributed by atoms with van der Waals surface area (Å²) in [6.45, 7) is 4.82. The van der Waals surface area contributed by atoms with E-state index < -0.39 is 0 Å². The Labute approximate surface area is 182 Å². The zero-order valence-corrected chi connectivity index (χ0v) is 17.9. The van der Waals surface area contributed by atoms with Gasteiger partial charge < -0.3 is 20.0 Å². The number of rotatable bonds is 4. The maximum atomic E-state index is 13.2. The van der Waals surface area contributed by atoms with Crippen molar-refractivity contribution < 1.29 is 14.0 Å². The van der Waals surface area contributed by atoms with E-state index >= 15 is 0 Å². The van der Waals surface area contributed by atoms with Gasteiger partial charge in [0.25, 0.3) is 11.8 Å². The average Bonchev–Trinajstić information content (AvgIpc) is 2.80. The smallest absolute Gasteiger partial charge is 0.256 e.